The number of primary amides is 1. The highest BCUT2D eigenvalue weighted by Crippen LogP contribution is 2.26. The summed E-state index contributed by atoms with van der Waals surface area (Å²) in [5.41, 5.74) is 4.93. The molecule has 3 rings (SSSR count). The fourth-order valence-corrected chi connectivity index (χ4v) is 4.46. The zero-order valence-electron chi connectivity index (χ0n) is 16.1. The molecule has 1 fully saturated rings. The Morgan fingerprint density at radius 2 is 2.07 bits per heavy atom. The molecule has 0 spiro atoms. The van der Waals surface area contributed by atoms with Crippen molar-refractivity contribution in [2.24, 2.45) is 11.7 Å². The number of thioether (sulfide) groups is 1. The normalized spacial score (nSPS) is 14.4. The van der Waals surface area contributed by atoms with Crippen LogP contribution in [0.2, 0.25) is 0 Å². The molecule has 0 radical (unpaired) electrons. The number of carbonyl (C=O) groups excluding carboxylic acids is 1. The van der Waals surface area contributed by atoms with Crippen LogP contribution in [0.25, 0.3) is 0 Å². The molecule has 0 unspecified atom stereocenters. The zero-order chi connectivity index (χ0) is 19.3. The fourth-order valence-electron chi connectivity index (χ4n) is 3.06. The van der Waals surface area contributed by atoms with E-state index >= 15 is 0 Å². The molecule has 5 nitrogen and oxygen atoms in total. The Bertz CT molecular complexity index is 658. The molecule has 0 bridgehead atoms. The Morgan fingerprint density at radius 3 is 2.70 bits per heavy atom. The largest absolute Gasteiger partial charge is 0.365 e. The highest BCUT2D eigenvalue weighted by Gasteiger charge is 2.15. The molecule has 2 heterocycles. The summed E-state index contributed by atoms with van der Waals surface area (Å²) in [6.45, 7) is 2.23. The first-order chi connectivity index (χ1) is 13.2. The van der Waals surface area contributed by atoms with Crippen molar-refractivity contribution < 1.29 is 4.79 Å². The lowest BCUT2D eigenvalue weighted by Crippen LogP contribution is -2.12. The van der Waals surface area contributed by atoms with E-state index in [4.69, 9.17) is 5.73 Å². The van der Waals surface area contributed by atoms with E-state index in [1.807, 2.05) is 5.38 Å². The van der Waals surface area contributed by atoms with Crippen molar-refractivity contribution in [1.82, 2.24) is 15.0 Å². The summed E-state index contributed by atoms with van der Waals surface area (Å²) < 4.78 is 0. The van der Waals surface area contributed by atoms with Gasteiger partial charge in [0.05, 0.1) is 4.88 Å². The van der Waals surface area contributed by atoms with Gasteiger partial charge < -0.3 is 5.73 Å². The van der Waals surface area contributed by atoms with Gasteiger partial charge in [0, 0.05) is 12.2 Å². The molecule has 7 heteroatoms. The number of nitrogens with two attached hydrogens (primary N) is 1. The number of unbranched alkanes of at least 4 members (excludes halogenated alkanes) is 2. The molecule has 0 saturated heterocycles. The second-order valence-corrected chi connectivity index (χ2v) is 8.80. The summed E-state index contributed by atoms with van der Waals surface area (Å²) >= 11 is 3.13. The lowest BCUT2D eigenvalue weighted by molar-refractivity contribution is 0.100. The predicted molar refractivity (Wildman–Crippen MR) is 113 cm³/mol. The number of aromatic nitrogens is 3. The van der Waals surface area contributed by atoms with E-state index in [-0.39, 0.29) is 5.91 Å². The third kappa shape index (κ3) is 8.84. The SMILES string of the molecule is CCCCCSc1ncnc(CC2CCCCC2)n1.NC(=O)c1cccs1. The van der Waals surface area contributed by atoms with Crippen molar-refractivity contribution in [2.75, 3.05) is 5.75 Å². The quantitative estimate of drug-likeness (QED) is 0.486. The highest BCUT2D eigenvalue weighted by atomic mass is 32.2. The van der Waals surface area contributed by atoms with Gasteiger partial charge >= 0.3 is 0 Å². The fraction of sp³-hybridized carbons (Fsp3) is 0.600. The second-order valence-electron chi connectivity index (χ2n) is 6.79. The molecule has 2 aromatic heterocycles. The first-order valence-corrected chi connectivity index (χ1v) is 11.7. The lowest BCUT2D eigenvalue weighted by atomic mass is 9.87. The predicted octanol–water partition coefficient (Wildman–Crippen LogP) is 5.12. The Kier molecular flexibility index (Phi) is 10.4. The second kappa shape index (κ2) is 12.8. The summed E-state index contributed by atoms with van der Waals surface area (Å²) in [6, 6.07) is 3.50. The van der Waals surface area contributed by atoms with Gasteiger partial charge in [0.15, 0.2) is 5.16 Å². The maximum Gasteiger partial charge on any atom is 0.258 e. The molecule has 2 N–H and O–H groups in total. The van der Waals surface area contributed by atoms with E-state index < -0.39 is 0 Å². The Morgan fingerprint density at radius 1 is 1.26 bits per heavy atom. The topological polar surface area (TPSA) is 81.8 Å². The van der Waals surface area contributed by atoms with Crippen LogP contribution in [-0.2, 0) is 6.42 Å². The Labute approximate surface area is 170 Å². The maximum atomic E-state index is 10.3. The standard InChI is InChI=1S/C15H25N3S.C5H5NOS/c1-2-3-7-10-19-15-17-12-16-14(18-15)11-13-8-5-4-6-9-13;6-5(7)4-2-1-3-8-4/h12-13H,2-11H2,1H3;1-3H,(H2,6,7). The monoisotopic (exact) mass is 406 g/mol. The number of thiophene rings is 1. The summed E-state index contributed by atoms with van der Waals surface area (Å²) in [5, 5.41) is 2.73. The molecule has 0 atom stereocenters. The van der Waals surface area contributed by atoms with E-state index in [1.165, 1.54) is 62.7 Å². The van der Waals surface area contributed by atoms with Crippen molar-refractivity contribution in [1.29, 1.82) is 0 Å². The molecular weight excluding hydrogens is 376 g/mol. The van der Waals surface area contributed by atoms with Crippen LogP contribution in [0.15, 0.2) is 29.0 Å². The van der Waals surface area contributed by atoms with Gasteiger partial charge in [-0.2, -0.15) is 0 Å². The van der Waals surface area contributed by atoms with Crippen LogP contribution >= 0.6 is 23.1 Å². The van der Waals surface area contributed by atoms with E-state index in [0.29, 0.717) is 4.88 Å². The first-order valence-electron chi connectivity index (χ1n) is 9.83. The van der Waals surface area contributed by atoms with Crippen LogP contribution in [0.5, 0.6) is 0 Å². The average molecular weight is 407 g/mol. The summed E-state index contributed by atoms with van der Waals surface area (Å²) in [4.78, 5) is 24.1. The summed E-state index contributed by atoms with van der Waals surface area (Å²) in [6.07, 6.45) is 13.4. The number of hydrogen-bond donors (Lipinski definition) is 1. The minimum Gasteiger partial charge on any atom is -0.365 e. The minimum absolute atomic E-state index is 0.347. The Balaban J connectivity index is 0.000000273. The van der Waals surface area contributed by atoms with E-state index in [0.717, 1.165) is 29.1 Å². The van der Waals surface area contributed by atoms with Crippen molar-refractivity contribution in [3.8, 4) is 0 Å². The van der Waals surface area contributed by atoms with Gasteiger partial charge in [0.1, 0.15) is 12.2 Å². The van der Waals surface area contributed by atoms with Crippen LogP contribution in [0.1, 0.15) is 73.8 Å². The van der Waals surface area contributed by atoms with Crippen molar-refractivity contribution in [3.05, 3.63) is 34.5 Å². The number of hydrogen-bond acceptors (Lipinski definition) is 6. The minimum atomic E-state index is -0.347. The van der Waals surface area contributed by atoms with Gasteiger partial charge in [0.2, 0.25) is 0 Å². The summed E-state index contributed by atoms with van der Waals surface area (Å²) in [5.74, 6) is 2.58. The van der Waals surface area contributed by atoms with Crippen LogP contribution in [0, 0.1) is 5.92 Å². The lowest BCUT2D eigenvalue weighted by Gasteiger charge is -2.20. The van der Waals surface area contributed by atoms with E-state index in [9.17, 15) is 4.79 Å². The van der Waals surface area contributed by atoms with Gasteiger partial charge in [-0.25, -0.2) is 15.0 Å². The zero-order valence-corrected chi connectivity index (χ0v) is 17.7. The molecule has 2 aromatic rings. The maximum absolute atomic E-state index is 10.3. The number of amides is 1. The van der Waals surface area contributed by atoms with Crippen LogP contribution in [0.4, 0.5) is 0 Å². The van der Waals surface area contributed by atoms with Crippen molar-refractivity contribution >= 4 is 29.0 Å². The number of carbonyl (C=O) groups is 1. The molecule has 1 aliphatic rings. The van der Waals surface area contributed by atoms with Gasteiger partial charge in [0.25, 0.3) is 5.91 Å². The molecule has 1 amide bonds. The molecule has 1 aliphatic carbocycles. The molecule has 27 heavy (non-hydrogen) atoms. The van der Waals surface area contributed by atoms with Gasteiger partial charge in [-0.05, 0) is 23.8 Å². The van der Waals surface area contributed by atoms with Crippen LogP contribution in [0.3, 0.4) is 0 Å². The van der Waals surface area contributed by atoms with Crippen molar-refractivity contribution in [2.45, 2.75) is 69.9 Å². The highest BCUT2D eigenvalue weighted by molar-refractivity contribution is 7.99. The molecule has 0 aliphatic heterocycles. The first kappa shape index (κ1) is 21.8. The van der Waals surface area contributed by atoms with E-state index in [1.54, 1.807) is 30.2 Å². The number of nitrogens with zero attached hydrogens (tertiary/aromatic N) is 3. The average Bonchev–Trinajstić information content (AvgIpc) is 3.22. The van der Waals surface area contributed by atoms with Crippen LogP contribution < -0.4 is 5.73 Å². The smallest absolute Gasteiger partial charge is 0.258 e. The summed E-state index contributed by atoms with van der Waals surface area (Å²) in [7, 11) is 0. The van der Waals surface area contributed by atoms with Gasteiger partial charge in [-0.15, -0.1) is 11.3 Å². The molecule has 148 valence electrons. The number of rotatable bonds is 8. The van der Waals surface area contributed by atoms with E-state index in [2.05, 4.69) is 21.9 Å². The molecule has 0 aromatic carbocycles. The van der Waals surface area contributed by atoms with Gasteiger partial charge in [-0.1, -0.05) is 69.7 Å². The third-order valence-electron chi connectivity index (χ3n) is 4.54. The van der Waals surface area contributed by atoms with Crippen LogP contribution in [-0.4, -0.2) is 26.6 Å². The molecular formula is C20H30N4OS2. The van der Waals surface area contributed by atoms with Gasteiger partial charge in [-0.3, -0.25) is 4.79 Å². The Hall–Kier alpha value is -1.47. The molecule has 1 saturated carbocycles. The van der Waals surface area contributed by atoms with Crippen molar-refractivity contribution in [3.63, 3.8) is 0 Å². The third-order valence-corrected chi connectivity index (χ3v) is 6.37.